The van der Waals surface area contributed by atoms with Gasteiger partial charge >= 0.3 is 0 Å². The Morgan fingerprint density at radius 1 is 1.35 bits per heavy atom. The van der Waals surface area contributed by atoms with Gasteiger partial charge in [0.15, 0.2) is 0 Å². The molecular weight excluding hydrogens is 370 g/mol. The van der Waals surface area contributed by atoms with Gasteiger partial charge in [0.25, 0.3) is 0 Å². The third kappa shape index (κ3) is 3.30. The van der Waals surface area contributed by atoms with Crippen molar-refractivity contribution in [2.24, 2.45) is 0 Å². The van der Waals surface area contributed by atoms with E-state index in [-0.39, 0.29) is 6.04 Å². The first-order chi connectivity index (χ1) is 7.80. The monoisotopic (exact) mass is 383 g/mol. The Bertz CT molecular complexity index is 502. The van der Waals surface area contributed by atoms with Crippen LogP contribution in [0.25, 0.3) is 0 Å². The molecule has 1 aromatic carbocycles. The van der Waals surface area contributed by atoms with E-state index in [9.17, 15) is 8.42 Å². The molecule has 1 atom stereocenters. The van der Waals surface area contributed by atoms with Crippen molar-refractivity contribution in [3.05, 3.63) is 27.1 Å². The van der Waals surface area contributed by atoms with Crippen molar-refractivity contribution in [3.63, 3.8) is 0 Å². The highest BCUT2D eigenvalue weighted by atomic mass is 79.9. The van der Waals surface area contributed by atoms with Gasteiger partial charge in [-0.2, -0.15) is 4.31 Å². The van der Waals surface area contributed by atoms with Crippen molar-refractivity contribution in [3.8, 4) is 0 Å². The van der Waals surface area contributed by atoms with Crippen LogP contribution in [-0.2, 0) is 10.0 Å². The van der Waals surface area contributed by atoms with Crippen LogP contribution in [-0.4, -0.2) is 25.8 Å². The van der Waals surface area contributed by atoms with Crippen molar-refractivity contribution in [2.75, 3.05) is 7.05 Å². The van der Waals surface area contributed by atoms with E-state index in [4.69, 9.17) is 0 Å². The highest BCUT2D eigenvalue weighted by Gasteiger charge is 2.26. The molecule has 6 heteroatoms. The van der Waals surface area contributed by atoms with E-state index >= 15 is 0 Å². The number of nitrogens with zero attached hydrogens (tertiary/aromatic N) is 1. The molecule has 0 N–H and O–H groups in total. The molecule has 1 aromatic rings. The molecule has 17 heavy (non-hydrogen) atoms. The van der Waals surface area contributed by atoms with Crippen LogP contribution >= 0.6 is 31.9 Å². The van der Waals surface area contributed by atoms with Crippen LogP contribution in [0.1, 0.15) is 20.3 Å². The molecule has 0 aliphatic heterocycles. The Balaban J connectivity index is 3.22. The van der Waals surface area contributed by atoms with Gasteiger partial charge < -0.3 is 0 Å². The largest absolute Gasteiger partial charge is 0.244 e. The molecule has 3 nitrogen and oxygen atoms in total. The third-order valence-corrected chi connectivity index (χ3v) is 6.20. The van der Waals surface area contributed by atoms with Gasteiger partial charge in [-0.15, -0.1) is 0 Å². The van der Waals surface area contributed by atoms with E-state index in [2.05, 4.69) is 31.9 Å². The average molecular weight is 385 g/mol. The van der Waals surface area contributed by atoms with Crippen LogP contribution < -0.4 is 0 Å². The number of sulfonamides is 1. The summed E-state index contributed by atoms with van der Waals surface area (Å²) in [6.07, 6.45) is 0.782. The minimum Gasteiger partial charge on any atom is -0.207 e. The maximum Gasteiger partial charge on any atom is 0.244 e. The summed E-state index contributed by atoms with van der Waals surface area (Å²) in [6.45, 7) is 3.86. The summed E-state index contributed by atoms with van der Waals surface area (Å²) < 4.78 is 27.5. The molecule has 0 spiro atoms. The zero-order valence-electron chi connectivity index (χ0n) is 9.94. The summed E-state index contributed by atoms with van der Waals surface area (Å²) in [5, 5.41) is 0. The molecule has 0 fully saturated rings. The second-order valence-corrected chi connectivity index (χ2v) is 7.59. The summed E-state index contributed by atoms with van der Waals surface area (Å²) in [7, 11) is -1.82. The van der Waals surface area contributed by atoms with E-state index in [0.717, 1.165) is 10.9 Å². The zero-order valence-corrected chi connectivity index (χ0v) is 13.9. The Labute approximate surface area is 120 Å². The zero-order chi connectivity index (χ0) is 13.2. The van der Waals surface area contributed by atoms with Gasteiger partial charge in [-0.3, -0.25) is 0 Å². The molecular formula is C11H15Br2NO2S. The molecule has 0 aromatic heterocycles. The average Bonchev–Trinajstić information content (AvgIpc) is 2.26. The van der Waals surface area contributed by atoms with Gasteiger partial charge in [0.1, 0.15) is 0 Å². The maximum atomic E-state index is 12.3. The molecule has 0 heterocycles. The number of hydrogen-bond donors (Lipinski definition) is 0. The van der Waals surface area contributed by atoms with Gasteiger partial charge in [0.2, 0.25) is 10.0 Å². The van der Waals surface area contributed by atoms with Gasteiger partial charge in [-0.25, -0.2) is 8.42 Å². The van der Waals surface area contributed by atoms with Gasteiger partial charge in [-0.1, -0.05) is 22.9 Å². The Kier molecular flexibility index (Phi) is 5.19. The van der Waals surface area contributed by atoms with Gasteiger partial charge in [0.05, 0.1) is 4.90 Å². The van der Waals surface area contributed by atoms with Crippen LogP contribution in [0, 0.1) is 0 Å². The molecule has 1 rings (SSSR count). The molecule has 0 bridgehead atoms. The molecule has 96 valence electrons. The Morgan fingerprint density at radius 2 is 1.94 bits per heavy atom. The fourth-order valence-electron chi connectivity index (χ4n) is 1.33. The second kappa shape index (κ2) is 5.82. The van der Waals surface area contributed by atoms with E-state index < -0.39 is 10.0 Å². The normalized spacial score (nSPS) is 14.0. The van der Waals surface area contributed by atoms with Crippen molar-refractivity contribution >= 4 is 41.9 Å². The predicted octanol–water partition coefficient (Wildman–Crippen LogP) is 3.63. The summed E-state index contributed by atoms with van der Waals surface area (Å²) in [5.41, 5.74) is 0. The van der Waals surface area contributed by atoms with Crippen molar-refractivity contribution in [1.82, 2.24) is 4.31 Å². The molecule has 1 unspecified atom stereocenters. The minimum atomic E-state index is -3.43. The van der Waals surface area contributed by atoms with E-state index in [1.165, 1.54) is 4.31 Å². The van der Waals surface area contributed by atoms with E-state index in [1.54, 1.807) is 25.2 Å². The minimum absolute atomic E-state index is 0.0180. The molecule has 0 amide bonds. The smallest absolute Gasteiger partial charge is 0.207 e. The number of hydrogen-bond acceptors (Lipinski definition) is 2. The molecule has 0 saturated carbocycles. The molecule has 0 aliphatic rings. The number of rotatable bonds is 4. The maximum absolute atomic E-state index is 12.3. The predicted molar refractivity (Wildman–Crippen MR) is 76.5 cm³/mol. The lowest BCUT2D eigenvalue weighted by molar-refractivity contribution is 0.380. The summed E-state index contributed by atoms with van der Waals surface area (Å²) >= 11 is 6.59. The molecule has 0 saturated heterocycles. The summed E-state index contributed by atoms with van der Waals surface area (Å²) in [6, 6.07) is 5.04. The van der Waals surface area contributed by atoms with Gasteiger partial charge in [-0.05, 0) is 47.5 Å². The SMILES string of the molecule is CCC(C)N(C)S(=O)(=O)c1ccc(Br)cc1Br. The fourth-order valence-corrected chi connectivity index (χ4v) is 4.47. The van der Waals surface area contributed by atoms with Crippen LogP contribution in [0.5, 0.6) is 0 Å². The first kappa shape index (κ1) is 15.1. The lowest BCUT2D eigenvalue weighted by Gasteiger charge is -2.23. The highest BCUT2D eigenvalue weighted by Crippen LogP contribution is 2.28. The lowest BCUT2D eigenvalue weighted by Crippen LogP contribution is -2.34. The Hall–Kier alpha value is 0.0900. The van der Waals surface area contributed by atoms with Crippen molar-refractivity contribution < 1.29 is 8.42 Å². The highest BCUT2D eigenvalue weighted by molar-refractivity contribution is 9.11. The lowest BCUT2D eigenvalue weighted by atomic mass is 10.3. The Morgan fingerprint density at radius 3 is 2.41 bits per heavy atom. The summed E-state index contributed by atoms with van der Waals surface area (Å²) in [4.78, 5) is 0.295. The van der Waals surface area contributed by atoms with E-state index in [0.29, 0.717) is 9.37 Å². The van der Waals surface area contributed by atoms with Crippen molar-refractivity contribution in [1.29, 1.82) is 0 Å². The standard InChI is InChI=1S/C11H15Br2NO2S/c1-4-8(2)14(3)17(15,16)11-6-5-9(12)7-10(11)13/h5-8H,4H2,1-3H3. The van der Waals surface area contributed by atoms with E-state index in [1.807, 2.05) is 13.8 Å². The second-order valence-electron chi connectivity index (χ2n) is 3.85. The van der Waals surface area contributed by atoms with Gasteiger partial charge in [0, 0.05) is 22.0 Å². The fraction of sp³-hybridized carbons (Fsp3) is 0.455. The summed E-state index contributed by atoms with van der Waals surface area (Å²) in [5.74, 6) is 0. The van der Waals surface area contributed by atoms with Crippen LogP contribution in [0.15, 0.2) is 32.0 Å². The third-order valence-electron chi connectivity index (χ3n) is 2.76. The number of benzene rings is 1. The molecule has 0 radical (unpaired) electrons. The van der Waals surface area contributed by atoms with Crippen LogP contribution in [0.4, 0.5) is 0 Å². The first-order valence-corrected chi connectivity index (χ1v) is 8.26. The quantitative estimate of drug-likeness (QED) is 0.794. The van der Waals surface area contributed by atoms with Crippen molar-refractivity contribution in [2.45, 2.75) is 31.2 Å². The first-order valence-electron chi connectivity index (χ1n) is 5.23. The van der Waals surface area contributed by atoms with Crippen LogP contribution in [0.2, 0.25) is 0 Å². The number of halogens is 2. The molecule has 0 aliphatic carbocycles. The van der Waals surface area contributed by atoms with Crippen LogP contribution in [0.3, 0.4) is 0 Å². The topological polar surface area (TPSA) is 37.4 Å².